The van der Waals surface area contributed by atoms with Gasteiger partial charge in [0.2, 0.25) is 0 Å². The van der Waals surface area contributed by atoms with Gasteiger partial charge in [0.25, 0.3) is 0 Å². The Kier molecular flexibility index (Phi) is 8.70. The molecule has 1 rings (SSSR count). The maximum atomic E-state index is 12.3. The molecule has 0 aromatic carbocycles. The monoisotopic (exact) mass is 441 g/mol. The van der Waals surface area contributed by atoms with Crippen LogP contribution in [0.2, 0.25) is 0 Å². The molecule has 1 aliphatic rings. The first-order valence-electron chi connectivity index (χ1n) is 6.57. The standard InChI is InChI=1S/C12H22F3N3OS.HI/c1-4-16-10(17-7-9(19)12(13,14)15)18-5-6-20-11(2,3)8-18;/h9,19H,4-8H2,1-3H3,(H,16,17);1H. The van der Waals surface area contributed by atoms with Crippen LogP contribution < -0.4 is 5.32 Å². The summed E-state index contributed by atoms with van der Waals surface area (Å²) < 4.78 is 36.9. The van der Waals surface area contributed by atoms with Gasteiger partial charge in [-0.1, -0.05) is 0 Å². The van der Waals surface area contributed by atoms with Crippen LogP contribution >= 0.6 is 35.7 Å². The number of hydrogen-bond acceptors (Lipinski definition) is 3. The van der Waals surface area contributed by atoms with E-state index >= 15 is 0 Å². The number of hydrogen-bond donors (Lipinski definition) is 2. The lowest BCUT2D eigenvalue weighted by Gasteiger charge is -2.39. The average Bonchev–Trinajstić information content (AvgIpc) is 2.31. The van der Waals surface area contributed by atoms with Crippen LogP contribution in [-0.4, -0.2) is 64.9 Å². The minimum absolute atomic E-state index is 0. The van der Waals surface area contributed by atoms with E-state index in [-0.39, 0.29) is 28.7 Å². The Morgan fingerprint density at radius 1 is 1.48 bits per heavy atom. The number of aliphatic imine (C=N–C) groups is 1. The molecule has 2 N–H and O–H groups in total. The van der Waals surface area contributed by atoms with E-state index in [4.69, 9.17) is 5.11 Å². The van der Waals surface area contributed by atoms with Crippen molar-refractivity contribution in [2.75, 3.05) is 31.9 Å². The van der Waals surface area contributed by atoms with Crippen molar-refractivity contribution in [3.63, 3.8) is 0 Å². The Morgan fingerprint density at radius 2 is 2.10 bits per heavy atom. The topological polar surface area (TPSA) is 47.9 Å². The van der Waals surface area contributed by atoms with Gasteiger partial charge < -0.3 is 15.3 Å². The number of nitrogens with zero attached hydrogens (tertiary/aromatic N) is 2. The third kappa shape index (κ3) is 7.27. The molecule has 9 heteroatoms. The fourth-order valence-corrected chi connectivity index (χ4v) is 3.01. The van der Waals surface area contributed by atoms with Crippen LogP contribution in [0.5, 0.6) is 0 Å². The number of alkyl halides is 3. The number of rotatable bonds is 3. The van der Waals surface area contributed by atoms with Gasteiger partial charge >= 0.3 is 6.18 Å². The van der Waals surface area contributed by atoms with Gasteiger partial charge in [-0.25, -0.2) is 0 Å². The van der Waals surface area contributed by atoms with Crippen LogP contribution in [0.1, 0.15) is 20.8 Å². The van der Waals surface area contributed by atoms with Gasteiger partial charge in [0.05, 0.1) is 6.54 Å². The summed E-state index contributed by atoms with van der Waals surface area (Å²) in [5.74, 6) is 1.34. The molecule has 0 amide bonds. The maximum Gasteiger partial charge on any atom is 0.416 e. The first kappa shape index (κ1) is 21.1. The summed E-state index contributed by atoms with van der Waals surface area (Å²) in [4.78, 5) is 5.87. The molecule has 1 atom stereocenters. The molecule has 1 fully saturated rings. The van der Waals surface area contributed by atoms with Crippen molar-refractivity contribution in [3.8, 4) is 0 Å². The normalized spacial score (nSPS) is 20.7. The van der Waals surface area contributed by atoms with Crippen molar-refractivity contribution >= 4 is 41.7 Å². The zero-order chi connectivity index (χ0) is 15.4. The summed E-state index contributed by atoms with van der Waals surface area (Å²) in [6.07, 6.45) is -7.04. The molecule has 0 bridgehead atoms. The molecular weight excluding hydrogens is 418 g/mol. The first-order chi connectivity index (χ1) is 9.15. The lowest BCUT2D eigenvalue weighted by atomic mass is 10.2. The molecule has 1 aliphatic heterocycles. The SMILES string of the molecule is CCNC(=NCC(O)C(F)(F)F)N1CCSC(C)(C)C1.I. The maximum absolute atomic E-state index is 12.3. The molecule has 0 aromatic rings. The average molecular weight is 441 g/mol. The number of thioether (sulfide) groups is 1. The first-order valence-corrected chi connectivity index (χ1v) is 7.56. The van der Waals surface area contributed by atoms with E-state index < -0.39 is 18.8 Å². The molecular formula is C12H23F3IN3OS. The minimum atomic E-state index is -4.63. The van der Waals surface area contributed by atoms with Crippen molar-refractivity contribution in [2.24, 2.45) is 4.99 Å². The van der Waals surface area contributed by atoms with Gasteiger partial charge in [0.15, 0.2) is 12.1 Å². The van der Waals surface area contributed by atoms with E-state index in [2.05, 4.69) is 24.2 Å². The highest BCUT2D eigenvalue weighted by Crippen LogP contribution is 2.29. The summed E-state index contributed by atoms with van der Waals surface area (Å²) in [7, 11) is 0. The van der Waals surface area contributed by atoms with Crippen molar-refractivity contribution in [3.05, 3.63) is 0 Å². The number of guanidine groups is 1. The van der Waals surface area contributed by atoms with Gasteiger partial charge in [-0.05, 0) is 20.8 Å². The Balaban J connectivity index is 0.00000400. The zero-order valence-corrected chi connectivity index (χ0v) is 15.6. The van der Waals surface area contributed by atoms with E-state index in [9.17, 15) is 13.2 Å². The molecule has 0 spiro atoms. The van der Waals surface area contributed by atoms with Crippen molar-refractivity contribution in [1.29, 1.82) is 0 Å². The van der Waals surface area contributed by atoms with Gasteiger partial charge in [-0.15, -0.1) is 24.0 Å². The van der Waals surface area contributed by atoms with Crippen LogP contribution in [0.15, 0.2) is 4.99 Å². The number of aliphatic hydroxyl groups is 1. The molecule has 126 valence electrons. The largest absolute Gasteiger partial charge is 0.416 e. The van der Waals surface area contributed by atoms with E-state index in [1.54, 1.807) is 0 Å². The van der Waals surface area contributed by atoms with Gasteiger partial charge in [-0.2, -0.15) is 24.9 Å². The quantitative estimate of drug-likeness (QED) is 0.401. The summed E-state index contributed by atoms with van der Waals surface area (Å²) in [6, 6.07) is 0. The van der Waals surface area contributed by atoms with Crippen LogP contribution in [0, 0.1) is 0 Å². The van der Waals surface area contributed by atoms with Crippen LogP contribution in [0.25, 0.3) is 0 Å². The predicted molar refractivity (Wildman–Crippen MR) is 91.6 cm³/mol. The summed E-state index contributed by atoms with van der Waals surface area (Å²) in [5.41, 5.74) is 0. The molecule has 21 heavy (non-hydrogen) atoms. The second-order valence-corrected chi connectivity index (χ2v) is 7.08. The van der Waals surface area contributed by atoms with Crippen LogP contribution in [0.4, 0.5) is 13.2 Å². The van der Waals surface area contributed by atoms with E-state index in [0.29, 0.717) is 19.0 Å². The summed E-state index contributed by atoms with van der Waals surface area (Å²) >= 11 is 1.83. The number of halogens is 4. The molecule has 0 aromatic heterocycles. The highest BCUT2D eigenvalue weighted by molar-refractivity contribution is 14.0. The third-order valence-corrected chi connectivity index (χ3v) is 4.15. The smallest absolute Gasteiger partial charge is 0.382 e. The molecule has 1 heterocycles. The number of aliphatic hydroxyl groups excluding tert-OH is 1. The summed E-state index contributed by atoms with van der Waals surface area (Å²) in [6.45, 7) is 7.41. The lowest BCUT2D eigenvalue weighted by Crippen LogP contribution is -2.51. The fraction of sp³-hybridized carbons (Fsp3) is 0.917. The Morgan fingerprint density at radius 3 is 2.57 bits per heavy atom. The molecule has 0 saturated carbocycles. The molecule has 0 aliphatic carbocycles. The number of nitrogens with one attached hydrogen (secondary N) is 1. The Bertz CT molecular complexity index is 353. The van der Waals surface area contributed by atoms with E-state index in [0.717, 1.165) is 12.3 Å². The van der Waals surface area contributed by atoms with Gasteiger partial charge in [-0.3, -0.25) is 4.99 Å². The van der Waals surface area contributed by atoms with Gasteiger partial charge in [0, 0.05) is 30.1 Å². The fourth-order valence-electron chi connectivity index (χ4n) is 1.90. The molecule has 0 radical (unpaired) electrons. The second-order valence-electron chi connectivity index (χ2n) is 5.28. The van der Waals surface area contributed by atoms with Crippen molar-refractivity contribution in [2.45, 2.75) is 37.8 Å². The molecule has 4 nitrogen and oxygen atoms in total. The van der Waals surface area contributed by atoms with Gasteiger partial charge in [0.1, 0.15) is 0 Å². The van der Waals surface area contributed by atoms with Crippen molar-refractivity contribution < 1.29 is 18.3 Å². The predicted octanol–water partition coefficient (Wildman–Crippen LogP) is 2.32. The molecule has 1 unspecified atom stereocenters. The third-order valence-electron chi connectivity index (χ3n) is 2.85. The van der Waals surface area contributed by atoms with Crippen LogP contribution in [0.3, 0.4) is 0 Å². The van der Waals surface area contributed by atoms with Crippen LogP contribution in [-0.2, 0) is 0 Å². The summed E-state index contributed by atoms with van der Waals surface area (Å²) in [5, 5.41) is 12.0. The van der Waals surface area contributed by atoms with E-state index in [1.807, 2.05) is 23.6 Å². The second kappa shape index (κ2) is 8.66. The highest BCUT2D eigenvalue weighted by Gasteiger charge is 2.38. The highest BCUT2D eigenvalue weighted by atomic mass is 127. The van der Waals surface area contributed by atoms with Crippen molar-refractivity contribution in [1.82, 2.24) is 10.2 Å². The Labute approximate surface area is 145 Å². The molecule has 1 saturated heterocycles. The van der Waals surface area contributed by atoms with E-state index in [1.165, 1.54) is 0 Å². The Hall–Kier alpha value is 0.1000. The zero-order valence-electron chi connectivity index (χ0n) is 12.4. The minimum Gasteiger partial charge on any atom is -0.382 e. The lowest BCUT2D eigenvalue weighted by molar-refractivity contribution is -0.199.